The summed E-state index contributed by atoms with van der Waals surface area (Å²) in [6, 6.07) is 0. The molecule has 130 valence electrons. The zero-order chi connectivity index (χ0) is 15.9. The molecule has 0 aromatic heterocycles. The highest BCUT2D eigenvalue weighted by molar-refractivity contribution is 4.66. The molecule has 0 atom stereocenters. The van der Waals surface area contributed by atoms with E-state index in [1.165, 1.54) is 38.8 Å². The molecule has 0 unspecified atom stereocenters. The van der Waals surface area contributed by atoms with Crippen LogP contribution in [-0.4, -0.2) is 111 Å². The van der Waals surface area contributed by atoms with Crippen molar-refractivity contribution >= 4 is 0 Å². The highest BCUT2D eigenvalue weighted by Crippen LogP contribution is 2.09. The summed E-state index contributed by atoms with van der Waals surface area (Å²) >= 11 is 0. The van der Waals surface area contributed by atoms with Crippen LogP contribution in [0.25, 0.3) is 0 Å². The molecule has 0 bridgehead atoms. The zero-order valence-electron chi connectivity index (χ0n) is 15.2. The van der Waals surface area contributed by atoms with Crippen molar-refractivity contribution in [3.05, 3.63) is 0 Å². The van der Waals surface area contributed by atoms with E-state index in [-0.39, 0.29) is 0 Å². The Labute approximate surface area is 137 Å². The number of unbranched alkanes of at least 4 members (excludes halogenated alkanes) is 3. The van der Waals surface area contributed by atoms with Gasteiger partial charge in [-0.3, -0.25) is 29.4 Å². The average molecular weight is 313 g/mol. The molecule has 0 spiro atoms. The second-order valence-electron chi connectivity index (χ2n) is 7.48. The summed E-state index contributed by atoms with van der Waals surface area (Å²) in [6.45, 7) is 9.15. The molecule has 2 saturated heterocycles. The second-order valence-corrected chi connectivity index (χ2v) is 7.48. The van der Waals surface area contributed by atoms with Crippen molar-refractivity contribution < 1.29 is 0 Å². The van der Waals surface area contributed by atoms with Crippen LogP contribution in [0.1, 0.15) is 25.7 Å². The van der Waals surface area contributed by atoms with E-state index >= 15 is 0 Å². The van der Waals surface area contributed by atoms with Crippen LogP contribution < -0.4 is 0 Å². The molecule has 0 amide bonds. The monoisotopic (exact) mass is 312 g/mol. The van der Waals surface area contributed by atoms with Crippen LogP contribution >= 0.6 is 0 Å². The minimum absolute atomic E-state index is 1.09. The fourth-order valence-corrected chi connectivity index (χ4v) is 3.77. The molecule has 2 fully saturated rings. The van der Waals surface area contributed by atoms with Crippen molar-refractivity contribution in [3.63, 3.8) is 0 Å². The first-order chi connectivity index (χ1) is 10.5. The van der Waals surface area contributed by atoms with Gasteiger partial charge in [0.05, 0.1) is 40.0 Å². The highest BCUT2D eigenvalue weighted by atomic mass is 15.5. The van der Waals surface area contributed by atoms with Crippen LogP contribution in [0.5, 0.6) is 0 Å². The minimum Gasteiger partial charge on any atom is -0.280 e. The van der Waals surface area contributed by atoms with Gasteiger partial charge in [0.2, 0.25) is 0 Å². The number of hydrogen-bond acceptors (Lipinski definition) is 6. The summed E-state index contributed by atoms with van der Waals surface area (Å²) in [5.41, 5.74) is 0. The lowest BCUT2D eigenvalue weighted by Crippen LogP contribution is -2.52. The van der Waals surface area contributed by atoms with E-state index in [1.54, 1.807) is 0 Å². The van der Waals surface area contributed by atoms with E-state index in [2.05, 4.69) is 57.6 Å². The molecule has 0 aromatic carbocycles. The van der Waals surface area contributed by atoms with Gasteiger partial charge in [0.1, 0.15) is 0 Å². The summed E-state index contributed by atoms with van der Waals surface area (Å²) in [6.07, 6.45) is 5.40. The normalized spacial score (nSPS) is 25.1. The molecule has 6 heteroatoms. The number of nitrogens with zero attached hydrogens (tertiary/aromatic N) is 6. The van der Waals surface area contributed by atoms with Crippen molar-refractivity contribution in [1.82, 2.24) is 29.4 Å². The van der Waals surface area contributed by atoms with Gasteiger partial charge in [0.25, 0.3) is 0 Å². The molecule has 2 aliphatic rings. The van der Waals surface area contributed by atoms with Gasteiger partial charge >= 0.3 is 0 Å². The molecule has 6 nitrogen and oxygen atoms in total. The lowest BCUT2D eigenvalue weighted by molar-refractivity contribution is -0.00385. The van der Waals surface area contributed by atoms with Gasteiger partial charge in [-0.15, -0.1) is 0 Å². The summed E-state index contributed by atoms with van der Waals surface area (Å²) < 4.78 is 0. The smallest absolute Gasteiger partial charge is 0.0526 e. The van der Waals surface area contributed by atoms with Crippen molar-refractivity contribution in [2.45, 2.75) is 25.7 Å². The van der Waals surface area contributed by atoms with Gasteiger partial charge < -0.3 is 0 Å². The zero-order valence-corrected chi connectivity index (χ0v) is 15.2. The van der Waals surface area contributed by atoms with E-state index in [0.717, 1.165) is 40.0 Å². The van der Waals surface area contributed by atoms with E-state index < -0.39 is 0 Å². The third-order valence-electron chi connectivity index (χ3n) is 4.43. The lowest BCUT2D eigenvalue weighted by atomic mass is 10.2. The second kappa shape index (κ2) is 9.15. The first kappa shape index (κ1) is 18.1. The summed E-state index contributed by atoms with van der Waals surface area (Å²) in [5, 5.41) is 0. The largest absolute Gasteiger partial charge is 0.280 e. The average Bonchev–Trinajstić information content (AvgIpc) is 2.40. The maximum Gasteiger partial charge on any atom is 0.0526 e. The molecule has 0 saturated carbocycles. The third kappa shape index (κ3) is 6.48. The van der Waals surface area contributed by atoms with Gasteiger partial charge in [0, 0.05) is 13.1 Å². The van der Waals surface area contributed by atoms with Gasteiger partial charge in [-0.1, -0.05) is 12.8 Å². The predicted molar refractivity (Wildman–Crippen MR) is 92.1 cm³/mol. The Kier molecular flexibility index (Phi) is 7.53. The van der Waals surface area contributed by atoms with Gasteiger partial charge in [0.15, 0.2) is 0 Å². The number of hydrogen-bond donors (Lipinski definition) is 0. The first-order valence-electron chi connectivity index (χ1n) is 8.72. The topological polar surface area (TPSA) is 19.4 Å². The Morgan fingerprint density at radius 3 is 1.09 bits per heavy atom. The van der Waals surface area contributed by atoms with Crippen LogP contribution in [-0.2, 0) is 0 Å². The van der Waals surface area contributed by atoms with E-state index in [1.807, 2.05) is 0 Å². The maximum atomic E-state index is 2.55. The molecule has 0 aliphatic carbocycles. The van der Waals surface area contributed by atoms with Crippen molar-refractivity contribution in [1.29, 1.82) is 0 Å². The Hall–Kier alpha value is -0.240. The van der Waals surface area contributed by atoms with Crippen LogP contribution in [0.2, 0.25) is 0 Å². The van der Waals surface area contributed by atoms with E-state index in [0.29, 0.717) is 0 Å². The molecule has 0 radical (unpaired) electrons. The summed E-state index contributed by atoms with van der Waals surface area (Å²) in [7, 11) is 8.81. The summed E-state index contributed by atoms with van der Waals surface area (Å²) in [5.74, 6) is 0. The van der Waals surface area contributed by atoms with Crippen LogP contribution in [0, 0.1) is 0 Å². The van der Waals surface area contributed by atoms with E-state index in [4.69, 9.17) is 0 Å². The standard InChI is InChI=1S/C16H36N6/c1-17-11-18(2)14-21(13-17)9-7-5-6-8-10-22-15-19(3)12-20(4)16-22/h5-16H2,1-4H3. The van der Waals surface area contributed by atoms with Gasteiger partial charge in [-0.05, 0) is 41.0 Å². The quantitative estimate of drug-likeness (QED) is 0.639. The van der Waals surface area contributed by atoms with Crippen LogP contribution in [0.15, 0.2) is 0 Å². The first-order valence-corrected chi connectivity index (χ1v) is 8.72. The van der Waals surface area contributed by atoms with E-state index in [9.17, 15) is 0 Å². The Morgan fingerprint density at radius 2 is 0.773 bits per heavy atom. The Bertz CT molecular complexity index is 263. The van der Waals surface area contributed by atoms with Crippen molar-refractivity contribution in [2.24, 2.45) is 0 Å². The molecule has 0 N–H and O–H groups in total. The Morgan fingerprint density at radius 1 is 0.455 bits per heavy atom. The maximum absolute atomic E-state index is 2.55. The lowest BCUT2D eigenvalue weighted by Gasteiger charge is -2.39. The van der Waals surface area contributed by atoms with Gasteiger partial charge in [-0.25, -0.2) is 0 Å². The Balaban J connectivity index is 1.49. The molecular weight excluding hydrogens is 276 g/mol. The van der Waals surface area contributed by atoms with Gasteiger partial charge in [-0.2, -0.15) is 0 Å². The molecule has 2 heterocycles. The van der Waals surface area contributed by atoms with Crippen LogP contribution in [0.4, 0.5) is 0 Å². The third-order valence-corrected chi connectivity index (χ3v) is 4.43. The van der Waals surface area contributed by atoms with Crippen LogP contribution in [0.3, 0.4) is 0 Å². The molecular formula is C16H36N6. The molecule has 2 aliphatic heterocycles. The molecule has 22 heavy (non-hydrogen) atoms. The molecule has 2 rings (SSSR count). The highest BCUT2D eigenvalue weighted by Gasteiger charge is 2.18. The predicted octanol–water partition coefficient (Wildman–Crippen LogP) is 0.650. The fraction of sp³-hybridized carbons (Fsp3) is 1.00. The van der Waals surface area contributed by atoms with Crippen molar-refractivity contribution in [2.75, 3.05) is 81.3 Å². The minimum atomic E-state index is 1.09. The fourth-order valence-electron chi connectivity index (χ4n) is 3.77. The summed E-state index contributed by atoms with van der Waals surface area (Å²) in [4.78, 5) is 14.6. The van der Waals surface area contributed by atoms with Crippen molar-refractivity contribution in [3.8, 4) is 0 Å². The molecule has 0 aromatic rings. The number of rotatable bonds is 7. The SMILES string of the molecule is CN1CN(C)CN(CCCCCCN2CN(C)CN(C)C2)C1.